The van der Waals surface area contributed by atoms with Crippen molar-refractivity contribution >= 4 is 22.7 Å². The highest BCUT2D eigenvalue weighted by Gasteiger charge is 2.45. The van der Waals surface area contributed by atoms with Crippen molar-refractivity contribution in [3.8, 4) is 0 Å². The molecule has 2 amide bonds. The molecule has 5 rings (SSSR count). The molecule has 0 radical (unpaired) electrons. The summed E-state index contributed by atoms with van der Waals surface area (Å²) in [6.45, 7) is 2.60. The van der Waals surface area contributed by atoms with Crippen LogP contribution in [0.15, 0.2) is 53.3 Å². The van der Waals surface area contributed by atoms with E-state index in [1.165, 1.54) is 16.5 Å². The monoisotopic (exact) mass is 463 g/mol. The largest absolute Gasteiger partial charge is 0.467 e. The fourth-order valence-electron chi connectivity index (χ4n) is 5.58. The summed E-state index contributed by atoms with van der Waals surface area (Å²) in [6.07, 6.45) is 5.85. The van der Waals surface area contributed by atoms with Gasteiger partial charge in [-0.3, -0.25) is 19.4 Å². The molecule has 1 aromatic carbocycles. The van der Waals surface area contributed by atoms with E-state index in [0.717, 1.165) is 25.3 Å². The highest BCUT2D eigenvalue weighted by Crippen LogP contribution is 2.30. The van der Waals surface area contributed by atoms with Gasteiger partial charge in [-0.25, -0.2) is 0 Å². The van der Waals surface area contributed by atoms with E-state index in [4.69, 9.17) is 4.42 Å². The third kappa shape index (κ3) is 4.48. The van der Waals surface area contributed by atoms with E-state index in [2.05, 4.69) is 69.6 Å². The molecular weight excluding hydrogens is 430 g/mol. The first-order chi connectivity index (χ1) is 16.5. The van der Waals surface area contributed by atoms with Gasteiger partial charge < -0.3 is 19.6 Å². The average molecular weight is 464 g/mol. The number of furan rings is 1. The Labute approximate surface area is 199 Å². The highest BCUT2D eigenvalue weighted by molar-refractivity contribution is 5.85. The van der Waals surface area contributed by atoms with Gasteiger partial charge in [-0.1, -0.05) is 18.2 Å². The summed E-state index contributed by atoms with van der Waals surface area (Å²) in [7, 11) is 4.17. The first-order valence-electron chi connectivity index (χ1n) is 12.1. The van der Waals surface area contributed by atoms with Gasteiger partial charge in [0.2, 0.25) is 11.8 Å². The molecular formula is C26H33N5O3. The lowest BCUT2D eigenvalue weighted by Gasteiger charge is -2.33. The molecule has 3 atom stereocenters. The van der Waals surface area contributed by atoms with E-state index in [1.807, 2.05) is 12.1 Å². The van der Waals surface area contributed by atoms with Gasteiger partial charge in [0.1, 0.15) is 11.8 Å². The van der Waals surface area contributed by atoms with E-state index in [1.54, 1.807) is 6.26 Å². The van der Waals surface area contributed by atoms with Gasteiger partial charge >= 0.3 is 0 Å². The summed E-state index contributed by atoms with van der Waals surface area (Å²) < 4.78 is 7.43. The zero-order valence-electron chi connectivity index (χ0n) is 19.9. The molecule has 2 fully saturated rings. The van der Waals surface area contributed by atoms with Crippen LogP contribution >= 0.6 is 0 Å². The lowest BCUT2D eigenvalue weighted by molar-refractivity contribution is -0.126. The Morgan fingerprint density at radius 1 is 1.21 bits per heavy atom. The summed E-state index contributed by atoms with van der Waals surface area (Å²) in [6, 6.07) is 12.2. The van der Waals surface area contributed by atoms with Gasteiger partial charge in [0.15, 0.2) is 0 Å². The summed E-state index contributed by atoms with van der Waals surface area (Å²) in [5, 5.41) is 7.32. The Morgan fingerprint density at radius 2 is 2.06 bits per heavy atom. The first-order valence-corrected chi connectivity index (χ1v) is 12.1. The van der Waals surface area contributed by atoms with Crippen LogP contribution in [0.5, 0.6) is 0 Å². The van der Waals surface area contributed by atoms with Gasteiger partial charge in [-0.05, 0) is 43.7 Å². The summed E-state index contributed by atoms with van der Waals surface area (Å²) in [5.41, 5.74) is 2.46. The lowest BCUT2D eigenvalue weighted by atomic mass is 10.0. The molecule has 8 heteroatoms. The standard InChI is InChI=1S/C26H33N5O3/c1-29-16-18(21-7-3-4-8-22(21)29)17-31-12-11-23-25(31)26(33)28-14-19(30(23)2)9-10-24(32)27-15-20-6-5-13-34-20/h3-8,13,16,19,23,25H,9-12,14-15,17H2,1-2H3,(H,27,32)(H,28,33)/t19-,23-,25-/m0/s1. The molecule has 0 saturated carbocycles. The topological polar surface area (TPSA) is 82.8 Å². The van der Waals surface area contributed by atoms with E-state index in [9.17, 15) is 9.59 Å². The van der Waals surface area contributed by atoms with Crippen molar-refractivity contribution in [2.45, 2.75) is 50.5 Å². The van der Waals surface area contributed by atoms with Gasteiger partial charge in [0.25, 0.3) is 0 Å². The van der Waals surface area contributed by atoms with Crippen molar-refractivity contribution in [3.05, 3.63) is 60.2 Å². The Balaban J connectivity index is 1.22. The maximum Gasteiger partial charge on any atom is 0.239 e. The minimum absolute atomic E-state index is 0.000859. The molecule has 2 aromatic heterocycles. The van der Waals surface area contributed by atoms with Crippen molar-refractivity contribution in [1.29, 1.82) is 0 Å². The van der Waals surface area contributed by atoms with Crippen LogP contribution in [0.25, 0.3) is 10.9 Å². The Kier molecular flexibility index (Phi) is 6.43. The van der Waals surface area contributed by atoms with Gasteiger partial charge in [-0.15, -0.1) is 0 Å². The van der Waals surface area contributed by atoms with Crippen molar-refractivity contribution < 1.29 is 14.0 Å². The predicted octanol–water partition coefficient (Wildman–Crippen LogP) is 2.24. The van der Waals surface area contributed by atoms with E-state index >= 15 is 0 Å². The maximum atomic E-state index is 13.2. The zero-order valence-corrected chi connectivity index (χ0v) is 19.9. The number of rotatable bonds is 7. The minimum Gasteiger partial charge on any atom is -0.467 e. The average Bonchev–Trinajstić information content (AvgIpc) is 3.56. The SMILES string of the molecule is CN1[C@@H](CCC(=O)NCc2ccco2)CNC(=O)[C@@H]2[C@@H]1CCN2Cc1cn(C)c2ccccc12. The molecule has 2 N–H and O–H groups in total. The number of aryl methyl sites for hydroxylation is 1. The van der Waals surface area contributed by atoms with Gasteiger partial charge in [0.05, 0.1) is 12.8 Å². The van der Waals surface area contributed by atoms with Gasteiger partial charge in [-0.2, -0.15) is 0 Å². The third-order valence-electron chi connectivity index (χ3n) is 7.45. The van der Waals surface area contributed by atoms with E-state index in [-0.39, 0.29) is 29.9 Å². The first kappa shape index (κ1) is 22.7. The number of hydrogen-bond acceptors (Lipinski definition) is 5. The number of para-hydroxylation sites is 1. The molecule has 34 heavy (non-hydrogen) atoms. The van der Waals surface area contributed by atoms with E-state index in [0.29, 0.717) is 25.9 Å². The number of aromatic nitrogens is 1. The molecule has 0 bridgehead atoms. The van der Waals surface area contributed by atoms with Crippen LogP contribution < -0.4 is 10.6 Å². The molecule has 2 aliphatic heterocycles. The van der Waals surface area contributed by atoms with Crippen molar-refractivity contribution in [3.63, 3.8) is 0 Å². The number of nitrogens with zero attached hydrogens (tertiary/aromatic N) is 3. The Hall–Kier alpha value is -3.10. The smallest absolute Gasteiger partial charge is 0.239 e. The number of hydrogen-bond donors (Lipinski definition) is 2. The third-order valence-corrected chi connectivity index (χ3v) is 7.45. The molecule has 4 heterocycles. The van der Waals surface area contributed by atoms with Crippen LogP contribution in [0.4, 0.5) is 0 Å². The highest BCUT2D eigenvalue weighted by atomic mass is 16.3. The van der Waals surface area contributed by atoms with Crippen LogP contribution in [0.1, 0.15) is 30.6 Å². The number of nitrogens with one attached hydrogen (secondary N) is 2. The molecule has 0 unspecified atom stereocenters. The fourth-order valence-corrected chi connectivity index (χ4v) is 5.58. The molecule has 0 aliphatic carbocycles. The predicted molar refractivity (Wildman–Crippen MR) is 130 cm³/mol. The maximum absolute atomic E-state index is 13.2. The molecule has 2 saturated heterocycles. The molecule has 3 aromatic rings. The second kappa shape index (κ2) is 9.64. The Bertz CT molecular complexity index is 1150. The second-order valence-electron chi connectivity index (χ2n) is 9.51. The van der Waals surface area contributed by atoms with Crippen LogP contribution in [0.3, 0.4) is 0 Å². The summed E-state index contributed by atoms with van der Waals surface area (Å²) >= 11 is 0. The fraction of sp³-hybridized carbons (Fsp3) is 0.462. The molecule has 2 aliphatic rings. The van der Waals surface area contributed by atoms with Crippen molar-refractivity contribution in [1.82, 2.24) is 25.0 Å². The van der Waals surface area contributed by atoms with Crippen LogP contribution in [-0.2, 0) is 29.7 Å². The second-order valence-corrected chi connectivity index (χ2v) is 9.51. The quantitative estimate of drug-likeness (QED) is 0.562. The number of amides is 2. The van der Waals surface area contributed by atoms with Crippen LogP contribution in [0, 0.1) is 0 Å². The minimum atomic E-state index is -0.179. The van der Waals surface area contributed by atoms with E-state index < -0.39 is 0 Å². The zero-order chi connectivity index (χ0) is 23.7. The van der Waals surface area contributed by atoms with Crippen molar-refractivity contribution in [2.75, 3.05) is 20.1 Å². The number of likely N-dealkylation sites (N-methyl/N-ethyl adjacent to an activating group) is 1. The summed E-state index contributed by atoms with van der Waals surface area (Å²) in [5.74, 6) is 0.840. The number of carbonyl (C=O) groups excluding carboxylic acids is 2. The molecule has 0 spiro atoms. The van der Waals surface area contributed by atoms with Gasteiger partial charge in [0, 0.05) is 62.3 Å². The number of likely N-dealkylation sites (tertiary alicyclic amines) is 1. The number of fused-ring (bicyclic) bond motifs is 2. The van der Waals surface area contributed by atoms with Crippen LogP contribution in [-0.4, -0.2) is 64.4 Å². The Morgan fingerprint density at radius 3 is 2.88 bits per heavy atom. The number of carbonyl (C=O) groups is 2. The van der Waals surface area contributed by atoms with Crippen molar-refractivity contribution in [2.24, 2.45) is 7.05 Å². The lowest BCUT2D eigenvalue weighted by Crippen LogP contribution is -2.49. The normalized spacial score (nSPS) is 23.6. The van der Waals surface area contributed by atoms with Crippen LogP contribution in [0.2, 0.25) is 0 Å². The summed E-state index contributed by atoms with van der Waals surface area (Å²) in [4.78, 5) is 30.2. The molecule has 180 valence electrons. The molecule has 8 nitrogen and oxygen atoms in total. The number of benzene rings is 1.